The molecule has 3 nitrogen and oxygen atoms in total. The molecule has 1 fully saturated rings. The Labute approximate surface area is 134 Å². The normalized spacial score (nSPS) is 21.8. The third-order valence-electron chi connectivity index (χ3n) is 4.09. The Bertz CT molecular complexity index is 695. The molecule has 110 valence electrons. The van der Waals surface area contributed by atoms with E-state index in [1.807, 2.05) is 23.9 Å². The van der Waals surface area contributed by atoms with Gasteiger partial charge in [0.1, 0.15) is 17.4 Å². The standard InChI is InChI=1S/C16H18ClN3S/c1-16(7-3-9-21-16)11-20-13-5-2-4-12(10-18)15(13)19-14(20)6-8-17/h2,4-5H,3,6-9,11H2,1H3. The predicted molar refractivity (Wildman–Crippen MR) is 89.0 cm³/mol. The van der Waals surface area contributed by atoms with Gasteiger partial charge in [0.15, 0.2) is 0 Å². The molecular formula is C16H18ClN3S. The lowest BCUT2D eigenvalue weighted by atomic mass is 10.1. The van der Waals surface area contributed by atoms with Crippen LogP contribution in [0.15, 0.2) is 18.2 Å². The first-order chi connectivity index (χ1) is 10.2. The van der Waals surface area contributed by atoms with Gasteiger partial charge in [0, 0.05) is 23.6 Å². The van der Waals surface area contributed by atoms with Crippen LogP contribution in [0, 0.1) is 11.3 Å². The van der Waals surface area contributed by atoms with Crippen LogP contribution < -0.4 is 0 Å². The van der Waals surface area contributed by atoms with Crippen LogP contribution in [0.2, 0.25) is 0 Å². The molecule has 0 N–H and O–H groups in total. The molecule has 0 saturated carbocycles. The van der Waals surface area contributed by atoms with E-state index in [2.05, 4.69) is 23.6 Å². The van der Waals surface area contributed by atoms with Gasteiger partial charge in [-0.15, -0.1) is 11.6 Å². The molecule has 0 aliphatic carbocycles. The lowest BCUT2D eigenvalue weighted by molar-refractivity contribution is 0.507. The molecule has 0 bridgehead atoms. The van der Waals surface area contributed by atoms with Crippen LogP contribution in [0.1, 0.15) is 31.2 Å². The average Bonchev–Trinajstić information content (AvgIpc) is 3.05. The fourth-order valence-corrected chi connectivity index (χ4v) is 4.49. The van der Waals surface area contributed by atoms with Crippen molar-refractivity contribution in [3.8, 4) is 6.07 Å². The molecule has 0 spiro atoms. The molecule has 1 aromatic heterocycles. The minimum absolute atomic E-state index is 0.261. The number of alkyl halides is 1. The molecule has 2 heterocycles. The van der Waals surface area contributed by atoms with E-state index in [4.69, 9.17) is 16.6 Å². The molecule has 0 radical (unpaired) electrons. The van der Waals surface area contributed by atoms with Crippen LogP contribution in [0.3, 0.4) is 0 Å². The van der Waals surface area contributed by atoms with Crippen molar-refractivity contribution in [2.45, 2.75) is 37.5 Å². The van der Waals surface area contributed by atoms with Crippen LogP contribution in [0.5, 0.6) is 0 Å². The third-order valence-corrected chi connectivity index (χ3v) is 5.80. The SMILES string of the molecule is CC1(Cn2c(CCCl)nc3c(C#N)cccc32)CCCS1. The number of rotatable bonds is 4. The van der Waals surface area contributed by atoms with E-state index >= 15 is 0 Å². The van der Waals surface area contributed by atoms with Crippen LogP contribution in [-0.2, 0) is 13.0 Å². The van der Waals surface area contributed by atoms with E-state index in [1.165, 1.54) is 18.6 Å². The van der Waals surface area contributed by atoms with Crippen LogP contribution in [-0.4, -0.2) is 25.9 Å². The summed E-state index contributed by atoms with van der Waals surface area (Å²) in [5.74, 6) is 2.78. The first-order valence-electron chi connectivity index (χ1n) is 7.25. The van der Waals surface area contributed by atoms with E-state index in [-0.39, 0.29) is 4.75 Å². The molecule has 1 atom stereocenters. The number of imidazole rings is 1. The smallest absolute Gasteiger partial charge is 0.111 e. The van der Waals surface area contributed by atoms with Crippen LogP contribution in [0.4, 0.5) is 0 Å². The number of para-hydroxylation sites is 1. The highest BCUT2D eigenvalue weighted by Gasteiger charge is 2.31. The average molecular weight is 320 g/mol. The summed E-state index contributed by atoms with van der Waals surface area (Å²) in [4.78, 5) is 4.69. The van der Waals surface area contributed by atoms with Crippen molar-refractivity contribution in [1.29, 1.82) is 5.26 Å². The topological polar surface area (TPSA) is 41.6 Å². The second-order valence-corrected chi connectivity index (χ2v) is 7.80. The molecule has 1 unspecified atom stereocenters. The third kappa shape index (κ3) is 2.77. The largest absolute Gasteiger partial charge is 0.327 e. The second-order valence-electron chi connectivity index (χ2n) is 5.74. The van der Waals surface area contributed by atoms with Gasteiger partial charge in [-0.3, -0.25) is 0 Å². The summed E-state index contributed by atoms with van der Waals surface area (Å²) < 4.78 is 2.54. The number of halogens is 1. The van der Waals surface area contributed by atoms with Gasteiger partial charge in [0.2, 0.25) is 0 Å². The Morgan fingerprint density at radius 2 is 2.38 bits per heavy atom. The van der Waals surface area contributed by atoms with Crippen molar-refractivity contribution in [3.63, 3.8) is 0 Å². The van der Waals surface area contributed by atoms with Crippen molar-refractivity contribution in [1.82, 2.24) is 9.55 Å². The maximum atomic E-state index is 9.27. The Kier molecular flexibility index (Phi) is 4.14. The molecule has 5 heteroatoms. The number of hydrogen-bond acceptors (Lipinski definition) is 3. The van der Waals surface area contributed by atoms with Gasteiger partial charge >= 0.3 is 0 Å². The lowest BCUT2D eigenvalue weighted by Crippen LogP contribution is -2.25. The summed E-state index contributed by atoms with van der Waals surface area (Å²) in [6.45, 7) is 3.27. The summed E-state index contributed by atoms with van der Waals surface area (Å²) >= 11 is 7.98. The number of nitriles is 1. The van der Waals surface area contributed by atoms with Crippen molar-refractivity contribution in [2.75, 3.05) is 11.6 Å². The van der Waals surface area contributed by atoms with E-state index < -0.39 is 0 Å². The highest BCUT2D eigenvalue weighted by Crippen LogP contribution is 2.40. The zero-order chi connectivity index (χ0) is 14.9. The zero-order valence-electron chi connectivity index (χ0n) is 12.1. The summed E-state index contributed by atoms with van der Waals surface area (Å²) in [5.41, 5.74) is 2.51. The van der Waals surface area contributed by atoms with E-state index in [0.29, 0.717) is 11.4 Å². The Hall–Kier alpha value is -1.18. The van der Waals surface area contributed by atoms with Gasteiger partial charge in [-0.05, 0) is 37.7 Å². The maximum Gasteiger partial charge on any atom is 0.111 e. The highest BCUT2D eigenvalue weighted by molar-refractivity contribution is 8.00. The molecule has 1 aliphatic rings. The number of aryl methyl sites for hydroxylation is 1. The van der Waals surface area contributed by atoms with Crippen molar-refractivity contribution in [2.24, 2.45) is 0 Å². The Balaban J connectivity index is 2.10. The van der Waals surface area contributed by atoms with E-state index in [0.717, 1.165) is 29.8 Å². The molecule has 3 rings (SSSR count). The molecule has 21 heavy (non-hydrogen) atoms. The lowest BCUT2D eigenvalue weighted by Gasteiger charge is -2.24. The van der Waals surface area contributed by atoms with Gasteiger partial charge < -0.3 is 4.57 Å². The summed E-state index contributed by atoms with van der Waals surface area (Å²) in [6.07, 6.45) is 3.25. The molecule has 1 aliphatic heterocycles. The van der Waals surface area contributed by atoms with Crippen molar-refractivity contribution >= 4 is 34.4 Å². The zero-order valence-corrected chi connectivity index (χ0v) is 13.7. The molecule has 2 aromatic rings. The minimum Gasteiger partial charge on any atom is -0.327 e. The van der Waals surface area contributed by atoms with Gasteiger partial charge in [-0.2, -0.15) is 17.0 Å². The van der Waals surface area contributed by atoms with Gasteiger partial charge in [0.05, 0.1) is 11.1 Å². The van der Waals surface area contributed by atoms with Gasteiger partial charge in [-0.25, -0.2) is 4.98 Å². The summed E-state index contributed by atoms with van der Waals surface area (Å²) in [5, 5.41) is 9.27. The number of fused-ring (bicyclic) bond motifs is 1. The first-order valence-corrected chi connectivity index (χ1v) is 8.77. The maximum absolute atomic E-state index is 9.27. The minimum atomic E-state index is 0.261. The quantitative estimate of drug-likeness (QED) is 0.801. The summed E-state index contributed by atoms with van der Waals surface area (Å²) in [7, 11) is 0. The van der Waals surface area contributed by atoms with E-state index in [1.54, 1.807) is 0 Å². The molecule has 1 saturated heterocycles. The fraction of sp³-hybridized carbons (Fsp3) is 0.500. The van der Waals surface area contributed by atoms with Crippen LogP contribution in [0.25, 0.3) is 11.0 Å². The van der Waals surface area contributed by atoms with Crippen molar-refractivity contribution in [3.05, 3.63) is 29.6 Å². The van der Waals surface area contributed by atoms with Gasteiger partial charge in [0.25, 0.3) is 0 Å². The van der Waals surface area contributed by atoms with E-state index in [9.17, 15) is 5.26 Å². The van der Waals surface area contributed by atoms with Gasteiger partial charge in [-0.1, -0.05) is 6.07 Å². The number of nitrogens with zero attached hydrogens (tertiary/aromatic N) is 3. The number of aromatic nitrogens is 2. The number of benzene rings is 1. The number of thioether (sulfide) groups is 1. The Morgan fingerprint density at radius 3 is 3.05 bits per heavy atom. The highest BCUT2D eigenvalue weighted by atomic mass is 35.5. The summed E-state index contributed by atoms with van der Waals surface area (Å²) in [6, 6.07) is 8.07. The monoisotopic (exact) mass is 319 g/mol. The van der Waals surface area contributed by atoms with Crippen molar-refractivity contribution < 1.29 is 0 Å². The Morgan fingerprint density at radius 1 is 1.52 bits per heavy atom. The predicted octanol–water partition coefficient (Wildman–Crippen LogP) is 3.97. The fourth-order valence-electron chi connectivity index (χ4n) is 3.03. The first kappa shape index (κ1) is 14.7. The molecular weight excluding hydrogens is 302 g/mol. The molecule has 0 amide bonds. The van der Waals surface area contributed by atoms with Crippen LogP contribution >= 0.6 is 23.4 Å². The molecule has 1 aromatic carbocycles. The second kappa shape index (κ2) is 5.90. The number of hydrogen-bond donors (Lipinski definition) is 0.